The van der Waals surface area contributed by atoms with E-state index in [1.807, 2.05) is 11.9 Å². The molecule has 1 N–H and O–H groups in total. The lowest BCUT2D eigenvalue weighted by Gasteiger charge is -2.33. The SMILES string of the molecule is Cc1ccc(CNC(=O)N(C)C2CCC(C)CC2)s1. The molecular weight excluding hydrogens is 256 g/mol. The third kappa shape index (κ3) is 3.96. The van der Waals surface area contributed by atoms with Crippen LogP contribution in [0.4, 0.5) is 4.79 Å². The van der Waals surface area contributed by atoms with Crippen molar-refractivity contribution in [1.82, 2.24) is 10.2 Å². The molecule has 19 heavy (non-hydrogen) atoms. The van der Waals surface area contributed by atoms with Gasteiger partial charge in [0.05, 0.1) is 6.54 Å². The van der Waals surface area contributed by atoms with Gasteiger partial charge in [0, 0.05) is 22.8 Å². The van der Waals surface area contributed by atoms with Crippen molar-refractivity contribution in [2.45, 2.75) is 52.1 Å². The summed E-state index contributed by atoms with van der Waals surface area (Å²) in [5, 5.41) is 3.02. The van der Waals surface area contributed by atoms with Gasteiger partial charge in [-0.3, -0.25) is 0 Å². The lowest BCUT2D eigenvalue weighted by Crippen LogP contribution is -2.44. The number of thiophene rings is 1. The van der Waals surface area contributed by atoms with Crippen molar-refractivity contribution in [1.29, 1.82) is 0 Å². The summed E-state index contributed by atoms with van der Waals surface area (Å²) in [6, 6.07) is 4.66. The predicted octanol–water partition coefficient (Wildman–Crippen LogP) is 3.78. The standard InChI is InChI=1S/C15H24N2OS/c1-11-4-7-13(8-5-11)17(3)15(18)16-10-14-9-6-12(2)19-14/h6,9,11,13H,4-5,7-8,10H2,1-3H3,(H,16,18). The third-order valence-corrected chi connectivity index (χ3v) is 5.06. The van der Waals surface area contributed by atoms with Crippen LogP contribution in [0.5, 0.6) is 0 Å². The molecule has 0 aromatic carbocycles. The molecule has 1 saturated carbocycles. The van der Waals surface area contributed by atoms with Crippen molar-refractivity contribution < 1.29 is 4.79 Å². The van der Waals surface area contributed by atoms with Crippen LogP contribution in [0.1, 0.15) is 42.4 Å². The van der Waals surface area contributed by atoms with Crippen molar-refractivity contribution in [3.8, 4) is 0 Å². The molecule has 1 aliphatic rings. The second kappa shape index (κ2) is 6.42. The summed E-state index contributed by atoms with van der Waals surface area (Å²) in [4.78, 5) is 16.5. The van der Waals surface area contributed by atoms with Gasteiger partial charge in [-0.1, -0.05) is 6.92 Å². The topological polar surface area (TPSA) is 32.3 Å². The average molecular weight is 280 g/mol. The Morgan fingerprint density at radius 1 is 1.37 bits per heavy atom. The van der Waals surface area contributed by atoms with Crippen molar-refractivity contribution in [2.75, 3.05) is 7.05 Å². The molecule has 1 heterocycles. The van der Waals surface area contributed by atoms with Crippen LogP contribution in [0.15, 0.2) is 12.1 Å². The van der Waals surface area contributed by atoms with E-state index in [0.717, 1.165) is 18.8 Å². The Morgan fingerprint density at radius 2 is 2.05 bits per heavy atom. The zero-order chi connectivity index (χ0) is 13.8. The van der Waals surface area contributed by atoms with Gasteiger partial charge < -0.3 is 10.2 Å². The van der Waals surface area contributed by atoms with E-state index in [9.17, 15) is 4.79 Å². The molecule has 0 atom stereocenters. The smallest absolute Gasteiger partial charge is 0.317 e. The van der Waals surface area contributed by atoms with Gasteiger partial charge in [-0.05, 0) is 50.7 Å². The van der Waals surface area contributed by atoms with E-state index in [1.165, 1.54) is 22.6 Å². The number of carbonyl (C=O) groups excluding carboxylic acids is 1. The number of nitrogens with one attached hydrogen (secondary N) is 1. The molecule has 4 heteroatoms. The maximum Gasteiger partial charge on any atom is 0.317 e. The van der Waals surface area contributed by atoms with E-state index in [4.69, 9.17) is 0 Å². The number of carbonyl (C=O) groups is 1. The number of aryl methyl sites for hydroxylation is 1. The van der Waals surface area contributed by atoms with E-state index < -0.39 is 0 Å². The zero-order valence-electron chi connectivity index (χ0n) is 12.1. The van der Waals surface area contributed by atoms with Crippen LogP contribution in [0.3, 0.4) is 0 Å². The molecule has 3 nitrogen and oxygen atoms in total. The van der Waals surface area contributed by atoms with Gasteiger partial charge in [0.2, 0.25) is 0 Å². The van der Waals surface area contributed by atoms with Crippen LogP contribution in [-0.4, -0.2) is 24.0 Å². The predicted molar refractivity (Wildman–Crippen MR) is 80.5 cm³/mol. The van der Waals surface area contributed by atoms with E-state index in [2.05, 4.69) is 31.3 Å². The molecule has 0 radical (unpaired) electrons. The second-order valence-corrected chi connectivity index (χ2v) is 7.07. The van der Waals surface area contributed by atoms with Crippen LogP contribution < -0.4 is 5.32 Å². The van der Waals surface area contributed by atoms with Gasteiger partial charge in [-0.25, -0.2) is 4.79 Å². The quantitative estimate of drug-likeness (QED) is 0.898. The third-order valence-electron chi connectivity index (χ3n) is 4.06. The number of rotatable bonds is 3. The first-order valence-electron chi connectivity index (χ1n) is 7.12. The lowest BCUT2D eigenvalue weighted by molar-refractivity contribution is 0.163. The molecule has 2 rings (SSSR count). The molecule has 0 unspecified atom stereocenters. The van der Waals surface area contributed by atoms with E-state index in [-0.39, 0.29) is 6.03 Å². The molecule has 0 saturated heterocycles. The summed E-state index contributed by atoms with van der Waals surface area (Å²) < 4.78 is 0. The van der Waals surface area contributed by atoms with Crippen molar-refractivity contribution >= 4 is 17.4 Å². The maximum atomic E-state index is 12.1. The fourth-order valence-electron chi connectivity index (χ4n) is 2.66. The minimum atomic E-state index is 0.0607. The first kappa shape index (κ1) is 14.4. The molecule has 0 bridgehead atoms. The van der Waals surface area contributed by atoms with Crippen molar-refractivity contribution in [3.05, 3.63) is 21.9 Å². The Bertz CT molecular complexity index is 422. The Hall–Kier alpha value is -1.03. The number of hydrogen-bond donors (Lipinski definition) is 1. The Labute approximate surface area is 120 Å². The Kier molecular flexibility index (Phi) is 4.86. The normalized spacial score (nSPS) is 23.1. The van der Waals surface area contributed by atoms with E-state index >= 15 is 0 Å². The summed E-state index contributed by atoms with van der Waals surface area (Å²) in [7, 11) is 1.93. The minimum Gasteiger partial charge on any atom is -0.333 e. The highest BCUT2D eigenvalue weighted by Crippen LogP contribution is 2.26. The van der Waals surface area contributed by atoms with E-state index in [1.54, 1.807) is 11.3 Å². The zero-order valence-corrected chi connectivity index (χ0v) is 12.9. The summed E-state index contributed by atoms with van der Waals surface area (Å²) >= 11 is 1.74. The van der Waals surface area contributed by atoms with E-state index in [0.29, 0.717) is 12.6 Å². The van der Waals surface area contributed by atoms with Gasteiger partial charge in [-0.15, -0.1) is 11.3 Å². The molecule has 1 aromatic heterocycles. The van der Waals surface area contributed by atoms with Gasteiger partial charge in [-0.2, -0.15) is 0 Å². The highest BCUT2D eigenvalue weighted by molar-refractivity contribution is 7.11. The Balaban J connectivity index is 1.79. The molecule has 2 amide bonds. The monoisotopic (exact) mass is 280 g/mol. The molecule has 1 aromatic rings. The first-order valence-corrected chi connectivity index (χ1v) is 7.94. The number of amides is 2. The first-order chi connectivity index (χ1) is 9.06. The maximum absolute atomic E-state index is 12.1. The van der Waals surface area contributed by atoms with Crippen LogP contribution in [0.25, 0.3) is 0 Å². The van der Waals surface area contributed by atoms with Gasteiger partial charge in [0.1, 0.15) is 0 Å². The molecule has 106 valence electrons. The molecular formula is C15H24N2OS. The summed E-state index contributed by atoms with van der Waals surface area (Å²) in [6.07, 6.45) is 4.77. The fraction of sp³-hybridized carbons (Fsp3) is 0.667. The van der Waals surface area contributed by atoms with Crippen molar-refractivity contribution in [2.24, 2.45) is 5.92 Å². The van der Waals surface area contributed by atoms with Gasteiger partial charge in [0.25, 0.3) is 0 Å². The number of hydrogen-bond acceptors (Lipinski definition) is 2. The molecule has 1 fully saturated rings. The number of nitrogens with zero attached hydrogens (tertiary/aromatic N) is 1. The fourth-order valence-corrected chi connectivity index (χ4v) is 3.49. The van der Waals surface area contributed by atoms with Crippen LogP contribution in [0, 0.1) is 12.8 Å². The minimum absolute atomic E-state index is 0.0607. The van der Waals surface area contributed by atoms with Crippen LogP contribution in [-0.2, 0) is 6.54 Å². The molecule has 0 aliphatic heterocycles. The highest BCUT2D eigenvalue weighted by Gasteiger charge is 2.24. The van der Waals surface area contributed by atoms with Gasteiger partial charge in [0.15, 0.2) is 0 Å². The molecule has 1 aliphatic carbocycles. The largest absolute Gasteiger partial charge is 0.333 e. The second-order valence-electron chi connectivity index (χ2n) is 5.70. The average Bonchev–Trinajstić information content (AvgIpc) is 2.82. The summed E-state index contributed by atoms with van der Waals surface area (Å²) in [5.74, 6) is 0.821. The Morgan fingerprint density at radius 3 is 2.63 bits per heavy atom. The summed E-state index contributed by atoms with van der Waals surface area (Å²) in [6.45, 7) is 5.03. The van der Waals surface area contributed by atoms with Crippen molar-refractivity contribution in [3.63, 3.8) is 0 Å². The molecule has 0 spiro atoms. The van der Waals surface area contributed by atoms with Crippen LogP contribution >= 0.6 is 11.3 Å². The highest BCUT2D eigenvalue weighted by atomic mass is 32.1. The van der Waals surface area contributed by atoms with Crippen LogP contribution in [0.2, 0.25) is 0 Å². The summed E-state index contributed by atoms with van der Waals surface area (Å²) in [5.41, 5.74) is 0. The van der Waals surface area contributed by atoms with Gasteiger partial charge >= 0.3 is 6.03 Å². The lowest BCUT2D eigenvalue weighted by atomic mass is 9.87. The number of urea groups is 1.